The van der Waals surface area contributed by atoms with Crippen LogP contribution < -0.4 is 10.1 Å². The van der Waals surface area contributed by atoms with Crippen LogP contribution in [0.1, 0.15) is 55.6 Å². The number of piperidine rings is 1. The van der Waals surface area contributed by atoms with Crippen LogP contribution in [-0.4, -0.2) is 56.0 Å². The molecule has 0 spiro atoms. The second-order valence-electron chi connectivity index (χ2n) is 8.45. The Morgan fingerprint density at radius 2 is 1.88 bits per heavy atom. The second-order valence-corrected chi connectivity index (χ2v) is 8.45. The van der Waals surface area contributed by atoms with E-state index >= 15 is 0 Å². The molecular weight excluding hydrogens is 420 g/mol. The van der Waals surface area contributed by atoms with Gasteiger partial charge in [-0.2, -0.15) is 10.2 Å². The number of hydrogen-bond acceptors (Lipinski definition) is 5. The summed E-state index contributed by atoms with van der Waals surface area (Å²) in [5.74, 6) is 1.30. The zero-order valence-corrected chi connectivity index (χ0v) is 19.1. The summed E-state index contributed by atoms with van der Waals surface area (Å²) in [7, 11) is 0. The number of rotatable bonds is 8. The molecule has 0 bridgehead atoms. The van der Waals surface area contributed by atoms with Gasteiger partial charge in [-0.05, 0) is 38.8 Å². The normalized spacial score (nSPS) is 14.5. The Bertz CT molecular complexity index is 1070. The molecule has 1 N–H and O–H groups in total. The average molecular weight is 451 g/mol. The topological polar surface area (TPSA) is 94.3 Å². The lowest BCUT2D eigenvalue weighted by Gasteiger charge is -2.32. The summed E-state index contributed by atoms with van der Waals surface area (Å²) in [4.78, 5) is 27.1. The average Bonchev–Trinajstić information content (AvgIpc) is 3.50. The smallest absolute Gasteiger partial charge is 0.257 e. The van der Waals surface area contributed by atoms with E-state index in [0.717, 1.165) is 18.6 Å². The van der Waals surface area contributed by atoms with Crippen LogP contribution in [0.3, 0.4) is 0 Å². The highest BCUT2D eigenvalue weighted by Gasteiger charge is 2.27. The predicted molar refractivity (Wildman–Crippen MR) is 124 cm³/mol. The number of nitrogens with zero attached hydrogens (tertiary/aromatic N) is 5. The first-order valence-electron chi connectivity index (χ1n) is 11.4. The van der Waals surface area contributed by atoms with Gasteiger partial charge in [-0.3, -0.25) is 14.3 Å². The number of aromatic nitrogens is 4. The van der Waals surface area contributed by atoms with Crippen molar-refractivity contribution in [3.8, 4) is 5.75 Å². The van der Waals surface area contributed by atoms with Crippen molar-refractivity contribution in [3.63, 3.8) is 0 Å². The number of carbonyl (C=O) groups excluding carboxylic acids is 2. The highest BCUT2D eigenvalue weighted by Crippen LogP contribution is 2.26. The molecule has 174 valence electrons. The van der Waals surface area contributed by atoms with Crippen LogP contribution in [0, 0.1) is 0 Å². The van der Waals surface area contributed by atoms with Crippen LogP contribution in [0.4, 0.5) is 5.82 Å². The van der Waals surface area contributed by atoms with E-state index in [1.807, 2.05) is 60.0 Å². The van der Waals surface area contributed by atoms with Crippen LogP contribution in [0.5, 0.6) is 5.75 Å². The van der Waals surface area contributed by atoms with Crippen LogP contribution in [0.15, 0.2) is 55.0 Å². The number of hydrogen-bond donors (Lipinski definition) is 1. The van der Waals surface area contributed by atoms with E-state index < -0.39 is 0 Å². The third-order valence-electron chi connectivity index (χ3n) is 5.75. The molecular formula is C24H30N6O3. The lowest BCUT2D eigenvalue weighted by molar-refractivity contribution is -0.116. The molecule has 1 aliphatic heterocycles. The minimum absolute atomic E-state index is 0.00718. The molecule has 33 heavy (non-hydrogen) atoms. The first-order valence-corrected chi connectivity index (χ1v) is 11.4. The van der Waals surface area contributed by atoms with Gasteiger partial charge in [0.05, 0.1) is 37.0 Å². The molecule has 1 fully saturated rings. The summed E-state index contributed by atoms with van der Waals surface area (Å²) in [6, 6.07) is 11.6. The molecule has 0 unspecified atom stereocenters. The number of likely N-dealkylation sites (tertiary alicyclic amines) is 1. The molecule has 3 heterocycles. The number of anilines is 1. The highest BCUT2D eigenvalue weighted by molar-refractivity contribution is 5.93. The summed E-state index contributed by atoms with van der Waals surface area (Å²) >= 11 is 0. The van der Waals surface area contributed by atoms with Gasteiger partial charge < -0.3 is 15.0 Å². The Labute approximate surface area is 193 Å². The first-order chi connectivity index (χ1) is 16.0. The second kappa shape index (κ2) is 10.3. The Morgan fingerprint density at radius 1 is 1.12 bits per heavy atom. The highest BCUT2D eigenvalue weighted by atomic mass is 16.5. The fourth-order valence-corrected chi connectivity index (χ4v) is 3.91. The third-order valence-corrected chi connectivity index (χ3v) is 5.75. The maximum Gasteiger partial charge on any atom is 0.257 e. The number of para-hydroxylation sites is 1. The van der Waals surface area contributed by atoms with Crippen molar-refractivity contribution in [3.05, 3.63) is 60.6 Å². The molecule has 2 amide bonds. The summed E-state index contributed by atoms with van der Waals surface area (Å²) in [6.07, 6.45) is 6.92. The van der Waals surface area contributed by atoms with E-state index in [-0.39, 0.29) is 30.3 Å². The summed E-state index contributed by atoms with van der Waals surface area (Å²) < 4.78 is 9.25. The molecule has 0 radical (unpaired) electrons. The Kier molecular flexibility index (Phi) is 7.07. The SMILES string of the molecule is CC(C)n1cc(C(=O)N2CCC(n3nccc3NC(=O)CCOc3ccccc3)CC2)cn1. The van der Waals surface area contributed by atoms with Crippen molar-refractivity contribution in [2.24, 2.45) is 0 Å². The van der Waals surface area contributed by atoms with Crippen molar-refractivity contribution < 1.29 is 14.3 Å². The van der Waals surface area contributed by atoms with Crippen molar-refractivity contribution in [2.45, 2.75) is 45.2 Å². The zero-order valence-electron chi connectivity index (χ0n) is 19.1. The van der Waals surface area contributed by atoms with E-state index in [0.29, 0.717) is 31.1 Å². The summed E-state index contributed by atoms with van der Waals surface area (Å²) in [6.45, 7) is 5.63. The number of benzene rings is 1. The largest absolute Gasteiger partial charge is 0.493 e. The molecule has 9 heteroatoms. The van der Waals surface area contributed by atoms with Crippen molar-refractivity contribution >= 4 is 17.6 Å². The molecule has 2 aromatic heterocycles. The Hall–Kier alpha value is -3.62. The number of nitrogens with one attached hydrogen (secondary N) is 1. The van der Waals surface area contributed by atoms with Gasteiger partial charge in [-0.25, -0.2) is 4.68 Å². The number of carbonyl (C=O) groups is 2. The van der Waals surface area contributed by atoms with E-state index in [1.54, 1.807) is 23.1 Å². The predicted octanol–water partition coefficient (Wildman–Crippen LogP) is 3.55. The van der Waals surface area contributed by atoms with Gasteiger partial charge in [0, 0.05) is 31.4 Å². The van der Waals surface area contributed by atoms with Gasteiger partial charge >= 0.3 is 0 Å². The van der Waals surface area contributed by atoms with Crippen molar-refractivity contribution in [2.75, 3.05) is 25.0 Å². The zero-order chi connectivity index (χ0) is 23.2. The van der Waals surface area contributed by atoms with E-state index in [4.69, 9.17) is 4.74 Å². The fourth-order valence-electron chi connectivity index (χ4n) is 3.91. The third kappa shape index (κ3) is 5.60. The molecule has 9 nitrogen and oxygen atoms in total. The van der Waals surface area contributed by atoms with Gasteiger partial charge in [-0.15, -0.1) is 0 Å². The molecule has 1 aromatic carbocycles. The first kappa shape index (κ1) is 22.6. The fraction of sp³-hybridized carbons (Fsp3) is 0.417. The Balaban J connectivity index is 1.27. The molecule has 0 aliphatic carbocycles. The summed E-state index contributed by atoms with van der Waals surface area (Å²) in [5, 5.41) is 11.6. The van der Waals surface area contributed by atoms with Crippen molar-refractivity contribution in [1.82, 2.24) is 24.5 Å². The molecule has 4 rings (SSSR count). The van der Waals surface area contributed by atoms with Crippen LogP contribution in [0.25, 0.3) is 0 Å². The molecule has 0 saturated carbocycles. The van der Waals surface area contributed by atoms with Gasteiger partial charge in [0.15, 0.2) is 0 Å². The standard InChI is InChI=1S/C24H30N6O3/c1-18(2)29-17-19(16-26-29)24(32)28-13-9-20(10-14-28)30-22(8-12-25-30)27-23(31)11-15-33-21-6-4-3-5-7-21/h3-8,12,16-18,20H,9-11,13-15H2,1-2H3,(H,27,31). The minimum Gasteiger partial charge on any atom is -0.493 e. The quantitative estimate of drug-likeness (QED) is 0.566. The number of ether oxygens (including phenoxy) is 1. The summed E-state index contributed by atoms with van der Waals surface area (Å²) in [5.41, 5.74) is 0.618. The molecule has 1 aliphatic rings. The minimum atomic E-state index is -0.123. The monoisotopic (exact) mass is 450 g/mol. The van der Waals surface area contributed by atoms with Crippen LogP contribution in [-0.2, 0) is 4.79 Å². The van der Waals surface area contributed by atoms with Crippen LogP contribution >= 0.6 is 0 Å². The Morgan fingerprint density at radius 3 is 2.58 bits per heavy atom. The lowest BCUT2D eigenvalue weighted by atomic mass is 10.0. The molecule has 0 atom stereocenters. The van der Waals surface area contributed by atoms with E-state index in [9.17, 15) is 9.59 Å². The van der Waals surface area contributed by atoms with Crippen molar-refractivity contribution in [1.29, 1.82) is 0 Å². The maximum atomic E-state index is 12.8. The molecule has 3 aromatic rings. The van der Waals surface area contributed by atoms with Gasteiger partial charge in [0.2, 0.25) is 5.91 Å². The van der Waals surface area contributed by atoms with Gasteiger partial charge in [0.25, 0.3) is 5.91 Å². The molecule has 1 saturated heterocycles. The van der Waals surface area contributed by atoms with Gasteiger partial charge in [-0.1, -0.05) is 18.2 Å². The van der Waals surface area contributed by atoms with Crippen LogP contribution in [0.2, 0.25) is 0 Å². The lowest BCUT2D eigenvalue weighted by Crippen LogP contribution is -2.39. The van der Waals surface area contributed by atoms with Gasteiger partial charge in [0.1, 0.15) is 11.6 Å². The van der Waals surface area contributed by atoms with E-state index in [1.165, 1.54) is 0 Å². The van der Waals surface area contributed by atoms with E-state index in [2.05, 4.69) is 15.5 Å². The number of amides is 2. The maximum absolute atomic E-state index is 12.8.